The van der Waals surface area contributed by atoms with Gasteiger partial charge in [0.2, 0.25) is 5.88 Å². The number of aromatic hydroxyl groups is 1. The minimum atomic E-state index is -1.26. The lowest BCUT2D eigenvalue weighted by atomic mass is 10.1. The van der Waals surface area contributed by atoms with Crippen molar-refractivity contribution in [3.05, 3.63) is 35.2 Å². The number of aliphatic imine (C=N–C) groups is 1. The maximum absolute atomic E-state index is 11.8. The van der Waals surface area contributed by atoms with Crippen molar-refractivity contribution in [2.24, 2.45) is 4.99 Å². The van der Waals surface area contributed by atoms with Crippen molar-refractivity contribution in [3.63, 3.8) is 0 Å². The molecule has 0 unspecified atom stereocenters. The van der Waals surface area contributed by atoms with Crippen LogP contribution in [0, 0.1) is 0 Å². The number of aromatic nitrogens is 1. The number of hydrogen-bond donors (Lipinski definition) is 3. The smallest absolute Gasteiger partial charge is 0.345 e. The van der Waals surface area contributed by atoms with Crippen LogP contribution in [0.25, 0.3) is 11.6 Å². The SMILES string of the molecule is CCN(CCCN(C)CCO)c1oc(C=C2C=Nc3ncccc32)c(O)c1C(=O)O. The first-order chi connectivity index (χ1) is 14.5. The maximum Gasteiger partial charge on any atom is 0.345 e. The number of nitrogens with zero attached hydrogens (tertiary/aromatic N) is 4. The number of furan rings is 1. The van der Waals surface area contributed by atoms with Crippen LogP contribution in [0.4, 0.5) is 11.7 Å². The van der Waals surface area contributed by atoms with Crippen LogP contribution >= 0.6 is 0 Å². The van der Waals surface area contributed by atoms with Gasteiger partial charge in [0.1, 0.15) is 0 Å². The molecule has 0 bridgehead atoms. The molecule has 0 amide bonds. The minimum absolute atomic E-state index is 0.0661. The molecule has 9 heteroatoms. The molecule has 1 aliphatic rings. The molecule has 3 rings (SSSR count). The maximum atomic E-state index is 11.8. The average molecular weight is 414 g/mol. The molecule has 3 heterocycles. The first-order valence-electron chi connectivity index (χ1n) is 9.80. The summed E-state index contributed by atoms with van der Waals surface area (Å²) in [5, 5.41) is 29.2. The van der Waals surface area contributed by atoms with Gasteiger partial charge in [0.05, 0.1) is 6.61 Å². The Bertz CT molecular complexity index is 966. The quantitative estimate of drug-likeness (QED) is 0.542. The monoisotopic (exact) mass is 414 g/mol. The molecule has 9 nitrogen and oxygen atoms in total. The summed E-state index contributed by atoms with van der Waals surface area (Å²) in [5.74, 6) is -0.909. The van der Waals surface area contributed by atoms with Gasteiger partial charge in [-0.15, -0.1) is 0 Å². The number of aliphatic hydroxyl groups excluding tert-OH is 1. The van der Waals surface area contributed by atoms with Crippen molar-refractivity contribution >= 4 is 35.5 Å². The fourth-order valence-corrected chi connectivity index (χ4v) is 3.34. The van der Waals surface area contributed by atoms with Crippen molar-refractivity contribution in [1.29, 1.82) is 0 Å². The molecular weight excluding hydrogens is 388 g/mol. The number of carboxylic acids is 1. The average Bonchev–Trinajstić information content (AvgIpc) is 3.27. The summed E-state index contributed by atoms with van der Waals surface area (Å²) in [6.07, 6.45) is 5.56. The van der Waals surface area contributed by atoms with Gasteiger partial charge in [0.15, 0.2) is 22.9 Å². The molecule has 0 saturated carbocycles. The molecule has 0 atom stereocenters. The first-order valence-corrected chi connectivity index (χ1v) is 9.80. The van der Waals surface area contributed by atoms with Crippen LogP contribution in [0.5, 0.6) is 5.75 Å². The van der Waals surface area contributed by atoms with Crippen LogP contribution in [-0.2, 0) is 0 Å². The molecule has 30 heavy (non-hydrogen) atoms. The standard InChI is InChI=1S/C21H26N4O5/c1-3-25(9-5-8-24(2)10-11-26)20-17(21(28)29)18(27)16(30-20)12-14-13-23-19-15(14)6-4-7-22-19/h4,6-7,12-13,26-27H,3,5,8-11H2,1-2H3,(H,28,29). The van der Waals surface area contributed by atoms with Gasteiger partial charge >= 0.3 is 5.97 Å². The Kier molecular flexibility index (Phi) is 6.86. The highest BCUT2D eigenvalue weighted by molar-refractivity contribution is 6.21. The molecule has 0 radical (unpaired) electrons. The van der Waals surface area contributed by atoms with Gasteiger partial charge in [-0.1, -0.05) is 0 Å². The zero-order valence-electron chi connectivity index (χ0n) is 17.1. The number of aliphatic hydroxyl groups is 1. The number of aromatic carboxylic acids is 1. The van der Waals surface area contributed by atoms with Crippen molar-refractivity contribution in [2.45, 2.75) is 13.3 Å². The third kappa shape index (κ3) is 4.52. The minimum Gasteiger partial charge on any atom is -0.504 e. The number of anilines is 1. The number of likely N-dealkylation sites (N-methyl/N-ethyl adjacent to an activating group) is 1. The molecule has 0 saturated heterocycles. The van der Waals surface area contributed by atoms with Gasteiger partial charge in [-0.25, -0.2) is 14.8 Å². The van der Waals surface area contributed by atoms with E-state index in [2.05, 4.69) is 9.98 Å². The molecule has 0 spiro atoms. The van der Waals surface area contributed by atoms with Gasteiger partial charge < -0.3 is 29.5 Å². The van der Waals surface area contributed by atoms with Gasteiger partial charge in [0, 0.05) is 43.2 Å². The summed E-state index contributed by atoms with van der Waals surface area (Å²) in [5.41, 5.74) is 1.21. The third-order valence-electron chi connectivity index (χ3n) is 4.93. The van der Waals surface area contributed by atoms with E-state index in [1.807, 2.05) is 24.9 Å². The second-order valence-electron chi connectivity index (χ2n) is 6.99. The van der Waals surface area contributed by atoms with E-state index >= 15 is 0 Å². The highest BCUT2D eigenvalue weighted by Crippen LogP contribution is 2.39. The van der Waals surface area contributed by atoms with E-state index in [0.717, 1.165) is 18.5 Å². The van der Waals surface area contributed by atoms with E-state index in [0.29, 0.717) is 31.0 Å². The second kappa shape index (κ2) is 9.55. The number of fused-ring (bicyclic) bond motifs is 1. The zero-order chi connectivity index (χ0) is 21.7. The van der Waals surface area contributed by atoms with E-state index in [4.69, 9.17) is 9.52 Å². The highest BCUT2D eigenvalue weighted by Gasteiger charge is 2.28. The third-order valence-corrected chi connectivity index (χ3v) is 4.93. The molecule has 3 N–H and O–H groups in total. The number of carbonyl (C=O) groups is 1. The normalized spacial score (nSPS) is 13.9. The molecule has 1 aliphatic heterocycles. The molecular formula is C21H26N4O5. The van der Waals surface area contributed by atoms with E-state index in [1.165, 1.54) is 0 Å². The summed E-state index contributed by atoms with van der Waals surface area (Å²) in [6, 6.07) is 3.63. The lowest BCUT2D eigenvalue weighted by Gasteiger charge is -2.22. The van der Waals surface area contributed by atoms with Crippen molar-refractivity contribution in [1.82, 2.24) is 9.88 Å². The second-order valence-corrected chi connectivity index (χ2v) is 6.99. The number of carboxylic acid groups (broad SMARTS) is 1. The van der Waals surface area contributed by atoms with Gasteiger partial charge in [-0.2, -0.15) is 0 Å². The fraction of sp³-hybridized carbons (Fsp3) is 0.381. The molecule has 2 aromatic heterocycles. The highest BCUT2D eigenvalue weighted by atomic mass is 16.4. The molecule has 0 aromatic carbocycles. The largest absolute Gasteiger partial charge is 0.504 e. The number of allylic oxidation sites excluding steroid dienone is 1. The predicted octanol–water partition coefficient (Wildman–Crippen LogP) is 2.48. The Balaban J connectivity index is 1.88. The van der Waals surface area contributed by atoms with Crippen LogP contribution < -0.4 is 4.90 Å². The van der Waals surface area contributed by atoms with Crippen LogP contribution in [0.15, 0.2) is 27.7 Å². The van der Waals surface area contributed by atoms with E-state index in [-0.39, 0.29) is 23.8 Å². The Morgan fingerprint density at radius 1 is 1.30 bits per heavy atom. The molecule has 2 aromatic rings. The molecule has 0 aliphatic carbocycles. The van der Waals surface area contributed by atoms with Gasteiger partial charge in [-0.3, -0.25) is 0 Å². The van der Waals surface area contributed by atoms with Crippen LogP contribution in [0.1, 0.15) is 35.0 Å². The van der Waals surface area contributed by atoms with Crippen LogP contribution in [0.3, 0.4) is 0 Å². The Labute approximate surface area is 174 Å². The topological polar surface area (TPSA) is 123 Å². The summed E-state index contributed by atoms with van der Waals surface area (Å²) in [7, 11) is 1.91. The fourth-order valence-electron chi connectivity index (χ4n) is 3.34. The Morgan fingerprint density at radius 2 is 2.10 bits per heavy atom. The Morgan fingerprint density at radius 3 is 2.80 bits per heavy atom. The zero-order valence-corrected chi connectivity index (χ0v) is 17.1. The van der Waals surface area contributed by atoms with Gasteiger partial charge in [0.25, 0.3) is 0 Å². The predicted molar refractivity (Wildman–Crippen MR) is 115 cm³/mol. The summed E-state index contributed by atoms with van der Waals surface area (Å²) in [6.45, 7) is 4.35. The lowest BCUT2D eigenvalue weighted by molar-refractivity contribution is 0.0694. The van der Waals surface area contributed by atoms with Crippen LogP contribution in [-0.4, -0.2) is 77.2 Å². The Hall–Kier alpha value is -3.17. The summed E-state index contributed by atoms with van der Waals surface area (Å²) < 4.78 is 5.82. The summed E-state index contributed by atoms with van der Waals surface area (Å²) in [4.78, 5) is 24.0. The number of rotatable bonds is 10. The van der Waals surface area contributed by atoms with Crippen LogP contribution in [0.2, 0.25) is 0 Å². The van der Waals surface area contributed by atoms with E-state index < -0.39 is 11.7 Å². The van der Waals surface area contributed by atoms with E-state index in [1.54, 1.807) is 29.5 Å². The van der Waals surface area contributed by atoms with Crippen molar-refractivity contribution in [2.75, 3.05) is 44.7 Å². The first kappa shape index (κ1) is 21.5. The number of pyridine rings is 1. The number of hydrogen-bond acceptors (Lipinski definition) is 8. The van der Waals surface area contributed by atoms with Crippen molar-refractivity contribution < 1.29 is 24.5 Å². The van der Waals surface area contributed by atoms with Gasteiger partial charge in [-0.05, 0) is 45.1 Å². The lowest BCUT2D eigenvalue weighted by Crippen LogP contribution is -2.30. The summed E-state index contributed by atoms with van der Waals surface area (Å²) >= 11 is 0. The van der Waals surface area contributed by atoms with Crippen molar-refractivity contribution in [3.8, 4) is 5.75 Å². The van der Waals surface area contributed by atoms with E-state index in [9.17, 15) is 15.0 Å². The molecule has 160 valence electrons. The molecule has 0 fully saturated rings.